The summed E-state index contributed by atoms with van der Waals surface area (Å²) in [6.07, 6.45) is 2.83. The van der Waals surface area contributed by atoms with Crippen LogP contribution < -0.4 is 14.8 Å². The van der Waals surface area contributed by atoms with Gasteiger partial charge in [-0.05, 0) is 24.3 Å². The molecule has 0 atom stereocenters. The number of amides is 1. The van der Waals surface area contributed by atoms with E-state index in [2.05, 4.69) is 10.3 Å². The molecule has 0 aliphatic carbocycles. The lowest BCUT2D eigenvalue weighted by atomic mass is 10.1. The van der Waals surface area contributed by atoms with Crippen molar-refractivity contribution in [3.63, 3.8) is 0 Å². The van der Waals surface area contributed by atoms with Gasteiger partial charge in [-0.2, -0.15) is 0 Å². The Bertz CT molecular complexity index is 811. The van der Waals surface area contributed by atoms with E-state index in [-0.39, 0.29) is 5.91 Å². The monoisotopic (exact) mass is 330 g/mol. The molecule has 0 aliphatic heterocycles. The summed E-state index contributed by atoms with van der Waals surface area (Å²) in [6.45, 7) is 0. The molecule has 1 N–H and O–H groups in total. The zero-order chi connectivity index (χ0) is 16.2. The van der Waals surface area contributed by atoms with Crippen molar-refractivity contribution in [3.05, 3.63) is 47.7 Å². The van der Waals surface area contributed by atoms with Crippen LogP contribution in [-0.2, 0) is 0 Å². The first kappa shape index (κ1) is 15.1. The fourth-order valence-electron chi connectivity index (χ4n) is 2.03. The fraction of sp³-hybridized carbons (Fsp3) is 0.125. The maximum absolute atomic E-state index is 12.0. The lowest BCUT2D eigenvalue weighted by Gasteiger charge is -2.08. The molecule has 2 aromatic heterocycles. The molecule has 3 aromatic rings. The number of nitrogens with zero attached hydrogens (tertiary/aromatic N) is 1. The SMILES string of the molecule is COc1ccc(OC)c(-c2csc(NC(=O)c3ccoc3)n2)c1. The molecule has 0 bridgehead atoms. The second kappa shape index (κ2) is 6.53. The van der Waals surface area contributed by atoms with Crippen molar-refractivity contribution in [3.8, 4) is 22.8 Å². The van der Waals surface area contributed by atoms with Crippen molar-refractivity contribution in [1.29, 1.82) is 0 Å². The number of rotatable bonds is 5. The predicted molar refractivity (Wildman–Crippen MR) is 87.3 cm³/mol. The van der Waals surface area contributed by atoms with E-state index >= 15 is 0 Å². The van der Waals surface area contributed by atoms with E-state index < -0.39 is 0 Å². The standard InChI is InChI=1S/C16H14N2O4S/c1-20-11-3-4-14(21-2)12(7-11)13-9-23-16(17-13)18-15(19)10-5-6-22-8-10/h3-9H,1-2H3,(H,17,18,19). The molecular weight excluding hydrogens is 316 g/mol. The largest absolute Gasteiger partial charge is 0.497 e. The molecule has 0 saturated heterocycles. The van der Waals surface area contributed by atoms with Gasteiger partial charge in [-0.3, -0.25) is 10.1 Å². The minimum Gasteiger partial charge on any atom is -0.497 e. The smallest absolute Gasteiger partial charge is 0.260 e. The van der Waals surface area contributed by atoms with Gasteiger partial charge in [0.1, 0.15) is 17.8 Å². The van der Waals surface area contributed by atoms with Crippen LogP contribution in [0.25, 0.3) is 11.3 Å². The molecule has 0 aliphatic rings. The molecular formula is C16H14N2O4S. The third-order valence-electron chi connectivity index (χ3n) is 3.19. The van der Waals surface area contributed by atoms with Gasteiger partial charge in [-0.1, -0.05) is 0 Å². The molecule has 0 spiro atoms. The summed E-state index contributed by atoms with van der Waals surface area (Å²) in [5.74, 6) is 1.12. The first-order chi connectivity index (χ1) is 11.2. The second-order valence-corrected chi connectivity index (χ2v) is 5.43. The molecule has 118 valence electrons. The van der Waals surface area contributed by atoms with Crippen molar-refractivity contribution >= 4 is 22.4 Å². The van der Waals surface area contributed by atoms with Gasteiger partial charge in [-0.15, -0.1) is 11.3 Å². The van der Waals surface area contributed by atoms with Crippen LogP contribution >= 0.6 is 11.3 Å². The van der Waals surface area contributed by atoms with Gasteiger partial charge in [0.15, 0.2) is 5.13 Å². The molecule has 23 heavy (non-hydrogen) atoms. The fourth-order valence-corrected chi connectivity index (χ4v) is 2.74. The normalized spacial score (nSPS) is 10.3. The summed E-state index contributed by atoms with van der Waals surface area (Å²) < 4.78 is 15.5. The third-order valence-corrected chi connectivity index (χ3v) is 3.95. The summed E-state index contributed by atoms with van der Waals surface area (Å²) in [7, 11) is 3.20. The highest BCUT2D eigenvalue weighted by Gasteiger charge is 2.14. The maximum Gasteiger partial charge on any atom is 0.260 e. The molecule has 0 radical (unpaired) electrons. The summed E-state index contributed by atoms with van der Waals surface area (Å²) >= 11 is 1.33. The number of hydrogen-bond acceptors (Lipinski definition) is 6. The van der Waals surface area contributed by atoms with Gasteiger partial charge in [0.25, 0.3) is 5.91 Å². The number of furan rings is 1. The van der Waals surface area contributed by atoms with E-state index in [4.69, 9.17) is 13.9 Å². The minimum atomic E-state index is -0.266. The van der Waals surface area contributed by atoms with Crippen molar-refractivity contribution < 1.29 is 18.7 Å². The summed E-state index contributed by atoms with van der Waals surface area (Å²) in [5.41, 5.74) is 1.95. The second-order valence-electron chi connectivity index (χ2n) is 4.57. The van der Waals surface area contributed by atoms with Gasteiger partial charge in [0, 0.05) is 10.9 Å². The number of thiazole rings is 1. The van der Waals surface area contributed by atoms with Crippen LogP contribution in [0.3, 0.4) is 0 Å². The molecule has 7 heteroatoms. The molecule has 0 unspecified atom stereocenters. The molecule has 1 aromatic carbocycles. The molecule has 6 nitrogen and oxygen atoms in total. The van der Waals surface area contributed by atoms with Crippen molar-refractivity contribution in [2.24, 2.45) is 0 Å². The third kappa shape index (κ3) is 3.19. The maximum atomic E-state index is 12.0. The Morgan fingerprint density at radius 1 is 1.26 bits per heavy atom. The lowest BCUT2D eigenvalue weighted by molar-refractivity contribution is 0.102. The first-order valence-corrected chi connectivity index (χ1v) is 7.60. The summed E-state index contributed by atoms with van der Waals surface area (Å²) in [4.78, 5) is 16.4. The summed E-state index contributed by atoms with van der Waals surface area (Å²) in [5, 5.41) is 5.08. The number of aromatic nitrogens is 1. The van der Waals surface area contributed by atoms with E-state index in [1.54, 1.807) is 20.3 Å². The Labute approximate surface area is 136 Å². The molecule has 0 fully saturated rings. The topological polar surface area (TPSA) is 73.6 Å². The van der Waals surface area contributed by atoms with E-state index in [1.165, 1.54) is 23.9 Å². The van der Waals surface area contributed by atoms with Gasteiger partial charge < -0.3 is 13.9 Å². The summed E-state index contributed by atoms with van der Waals surface area (Å²) in [6, 6.07) is 7.07. The number of methoxy groups -OCH3 is 2. The van der Waals surface area contributed by atoms with Gasteiger partial charge >= 0.3 is 0 Å². The average Bonchev–Trinajstić information content (AvgIpc) is 3.26. The molecule has 3 rings (SSSR count). The number of ether oxygens (including phenoxy) is 2. The Morgan fingerprint density at radius 3 is 2.83 bits per heavy atom. The van der Waals surface area contributed by atoms with E-state index in [1.807, 2.05) is 23.6 Å². The Morgan fingerprint density at radius 2 is 2.13 bits per heavy atom. The van der Waals surface area contributed by atoms with Crippen LogP contribution in [0, 0.1) is 0 Å². The number of hydrogen-bond donors (Lipinski definition) is 1. The van der Waals surface area contributed by atoms with Crippen LogP contribution in [0.4, 0.5) is 5.13 Å². The Balaban J connectivity index is 1.86. The number of anilines is 1. The van der Waals surface area contributed by atoms with E-state index in [9.17, 15) is 4.79 Å². The van der Waals surface area contributed by atoms with Crippen molar-refractivity contribution in [2.75, 3.05) is 19.5 Å². The number of benzene rings is 1. The van der Waals surface area contributed by atoms with Crippen molar-refractivity contribution in [2.45, 2.75) is 0 Å². The zero-order valence-electron chi connectivity index (χ0n) is 12.5. The lowest BCUT2D eigenvalue weighted by Crippen LogP contribution is -2.10. The number of nitrogens with one attached hydrogen (secondary N) is 1. The van der Waals surface area contributed by atoms with E-state index in [0.717, 1.165) is 5.56 Å². The minimum absolute atomic E-state index is 0.266. The predicted octanol–water partition coefficient (Wildman–Crippen LogP) is 3.67. The zero-order valence-corrected chi connectivity index (χ0v) is 13.3. The number of carbonyl (C=O) groups excluding carboxylic acids is 1. The highest BCUT2D eigenvalue weighted by Crippen LogP contribution is 2.35. The first-order valence-electron chi connectivity index (χ1n) is 6.72. The van der Waals surface area contributed by atoms with Gasteiger partial charge in [0.2, 0.25) is 0 Å². The van der Waals surface area contributed by atoms with Crippen molar-refractivity contribution in [1.82, 2.24) is 4.98 Å². The highest BCUT2D eigenvalue weighted by atomic mass is 32.1. The van der Waals surface area contributed by atoms with Crippen LogP contribution in [0.5, 0.6) is 11.5 Å². The van der Waals surface area contributed by atoms with Gasteiger partial charge in [-0.25, -0.2) is 4.98 Å². The van der Waals surface area contributed by atoms with Gasteiger partial charge in [0.05, 0.1) is 31.7 Å². The van der Waals surface area contributed by atoms with Crippen LogP contribution in [0.2, 0.25) is 0 Å². The molecule has 1 amide bonds. The Hall–Kier alpha value is -2.80. The Kier molecular flexibility index (Phi) is 4.29. The molecule has 2 heterocycles. The quantitative estimate of drug-likeness (QED) is 0.772. The van der Waals surface area contributed by atoms with E-state index in [0.29, 0.717) is 27.9 Å². The highest BCUT2D eigenvalue weighted by molar-refractivity contribution is 7.14. The number of carbonyl (C=O) groups is 1. The molecule has 0 saturated carbocycles. The van der Waals surface area contributed by atoms with Crippen LogP contribution in [0.1, 0.15) is 10.4 Å². The van der Waals surface area contributed by atoms with Crippen LogP contribution in [-0.4, -0.2) is 25.1 Å². The van der Waals surface area contributed by atoms with Crippen LogP contribution in [0.15, 0.2) is 46.6 Å². The average molecular weight is 330 g/mol.